The van der Waals surface area contributed by atoms with Gasteiger partial charge in [-0.1, -0.05) is 42.4 Å². The molecular formula is C16H12ClCrN4NaO5S. The van der Waals surface area contributed by atoms with E-state index in [-0.39, 0.29) is 69.0 Å². The number of phenols is 1. The van der Waals surface area contributed by atoms with Crippen LogP contribution in [0.5, 0.6) is 5.75 Å². The number of hydrogen-bond acceptors (Lipinski definition) is 7. The van der Waals surface area contributed by atoms with Gasteiger partial charge in [-0.3, -0.25) is 4.55 Å². The number of rotatable bonds is 4. The fourth-order valence-corrected chi connectivity index (χ4v) is 3.20. The zero-order chi connectivity index (χ0) is 19.8. The molecule has 9 nitrogen and oxygen atoms in total. The molecule has 0 fully saturated rings. The van der Waals surface area contributed by atoms with Crippen LogP contribution in [0.15, 0.2) is 62.4 Å². The molecule has 13 heteroatoms. The Kier molecular flexibility index (Phi) is 8.89. The van der Waals surface area contributed by atoms with Gasteiger partial charge >= 0.3 is 29.6 Å². The summed E-state index contributed by atoms with van der Waals surface area (Å²) >= 11 is 5.79. The number of aromatic hydroxyl groups is 1. The summed E-state index contributed by atoms with van der Waals surface area (Å²) in [5.41, 5.74) is -0.151. The molecule has 146 valence electrons. The van der Waals surface area contributed by atoms with Crippen LogP contribution < -0.4 is 35.1 Å². The second-order valence-electron chi connectivity index (χ2n) is 5.43. The zero-order valence-electron chi connectivity index (χ0n) is 15.1. The number of phenolic OH excluding ortho intramolecular Hbond substituents is 1. The van der Waals surface area contributed by atoms with Crippen molar-refractivity contribution < 1.29 is 65.0 Å². The molecule has 29 heavy (non-hydrogen) atoms. The molecule has 0 radical (unpaired) electrons. The van der Waals surface area contributed by atoms with E-state index in [1.165, 1.54) is 0 Å². The van der Waals surface area contributed by atoms with Crippen molar-refractivity contribution in [3.63, 3.8) is 0 Å². The van der Waals surface area contributed by atoms with Crippen molar-refractivity contribution in [2.45, 2.75) is 11.8 Å². The predicted molar refractivity (Wildman–Crippen MR) is 97.3 cm³/mol. The zero-order valence-corrected chi connectivity index (χ0v) is 20.0. The molecule has 2 N–H and O–H groups in total. The summed E-state index contributed by atoms with van der Waals surface area (Å²) in [6.07, 6.45) is 0. The summed E-state index contributed by atoms with van der Waals surface area (Å²) in [6.45, 7) is 1.55. The van der Waals surface area contributed by atoms with Crippen LogP contribution in [0.25, 0.3) is 5.69 Å². The first kappa shape index (κ1) is 25.6. The van der Waals surface area contributed by atoms with E-state index >= 15 is 0 Å². The number of nitrogens with zero attached hydrogens (tertiary/aromatic N) is 4. The number of halogens is 1. The van der Waals surface area contributed by atoms with Crippen LogP contribution in [0, 0.1) is 6.92 Å². The van der Waals surface area contributed by atoms with Gasteiger partial charge in [0.25, 0.3) is 10.1 Å². The molecule has 0 atom stereocenters. The average Bonchev–Trinajstić information content (AvgIpc) is 2.89. The third-order valence-corrected chi connectivity index (χ3v) is 4.63. The van der Waals surface area contributed by atoms with E-state index in [4.69, 9.17) is 16.2 Å². The average molecular weight is 483 g/mol. The largest absolute Gasteiger partial charge is 1.00 e. The number of aryl methyl sites for hydroxylation is 1. The Morgan fingerprint density at radius 3 is 2.41 bits per heavy atom. The molecule has 3 aromatic rings. The molecule has 0 spiro atoms. The Balaban J connectivity index is 0.00000210. The molecule has 0 unspecified atom stereocenters. The van der Waals surface area contributed by atoms with E-state index in [2.05, 4.69) is 15.3 Å². The van der Waals surface area contributed by atoms with Gasteiger partial charge in [0, 0.05) is 22.4 Å². The minimum atomic E-state index is -4.72. The van der Waals surface area contributed by atoms with Crippen molar-refractivity contribution in [1.82, 2.24) is 9.78 Å². The summed E-state index contributed by atoms with van der Waals surface area (Å²) in [5, 5.41) is 21.5. The smallest absolute Gasteiger partial charge is 0.504 e. The van der Waals surface area contributed by atoms with Crippen molar-refractivity contribution in [3.05, 3.63) is 63.5 Å². The molecule has 2 aromatic carbocycles. The Morgan fingerprint density at radius 2 is 1.83 bits per heavy atom. The van der Waals surface area contributed by atoms with E-state index < -0.39 is 26.3 Å². The number of para-hydroxylation sites is 1. The second-order valence-corrected chi connectivity index (χ2v) is 7.26. The van der Waals surface area contributed by atoms with Crippen LogP contribution >= 0.6 is 11.6 Å². The molecule has 0 aliphatic carbocycles. The van der Waals surface area contributed by atoms with Gasteiger partial charge in [0.15, 0.2) is 5.75 Å². The first-order chi connectivity index (χ1) is 12.7. The number of benzene rings is 2. The summed E-state index contributed by atoms with van der Waals surface area (Å²) in [5.74, 6) is -0.841. The Bertz CT molecular complexity index is 1210. The molecule has 0 aliphatic rings. The van der Waals surface area contributed by atoms with Crippen molar-refractivity contribution in [3.8, 4) is 11.4 Å². The molecule has 3 rings (SSSR count). The van der Waals surface area contributed by atoms with Crippen molar-refractivity contribution >= 4 is 33.1 Å². The van der Waals surface area contributed by atoms with Gasteiger partial charge in [-0.05, 0) is 24.3 Å². The molecule has 0 amide bonds. The third kappa shape index (κ3) is 5.60. The van der Waals surface area contributed by atoms with Gasteiger partial charge in [0.1, 0.15) is 16.1 Å². The maximum Gasteiger partial charge on any atom is 1.00 e. The third-order valence-electron chi connectivity index (χ3n) is 3.54. The summed E-state index contributed by atoms with van der Waals surface area (Å²) < 4.78 is 32.9. The first-order valence-electron chi connectivity index (χ1n) is 7.42. The van der Waals surface area contributed by atoms with E-state index in [9.17, 15) is 18.3 Å². The number of hydrogen-bond donors (Lipinski definition) is 2. The van der Waals surface area contributed by atoms with Crippen LogP contribution in [0.4, 0.5) is 11.4 Å². The van der Waals surface area contributed by atoms with Gasteiger partial charge in [0.2, 0.25) is 0 Å². The minimum Gasteiger partial charge on any atom is -0.504 e. The maximum absolute atomic E-state index is 12.5. The molecule has 0 aliphatic heterocycles. The van der Waals surface area contributed by atoms with Gasteiger partial charge in [0.05, 0.1) is 5.69 Å². The van der Waals surface area contributed by atoms with Crippen LogP contribution in [0.3, 0.4) is 0 Å². The molecule has 0 bridgehead atoms. The van der Waals surface area contributed by atoms with Crippen LogP contribution in [0.2, 0.25) is 5.02 Å². The van der Waals surface area contributed by atoms with Gasteiger partial charge in [-0.25, -0.2) is 9.78 Å². The van der Waals surface area contributed by atoms with Crippen molar-refractivity contribution in [2.75, 3.05) is 0 Å². The van der Waals surface area contributed by atoms with E-state index in [1.54, 1.807) is 37.3 Å². The Morgan fingerprint density at radius 1 is 1.21 bits per heavy atom. The maximum atomic E-state index is 12.5. The number of aromatic nitrogens is 2. The van der Waals surface area contributed by atoms with E-state index in [0.717, 1.165) is 16.8 Å². The van der Waals surface area contributed by atoms with Crippen LogP contribution in [-0.4, -0.2) is 27.9 Å². The van der Waals surface area contributed by atoms with Gasteiger partial charge in [-0.2, -0.15) is 13.5 Å². The Hall–Kier alpha value is -1.42. The fraction of sp³-hybridized carbons (Fsp3) is 0.0625. The summed E-state index contributed by atoms with van der Waals surface area (Å²) in [7, 11) is -4.72. The van der Waals surface area contributed by atoms with E-state index in [0.29, 0.717) is 5.69 Å². The summed E-state index contributed by atoms with van der Waals surface area (Å²) in [6, 6.07) is 10.7. The first-order valence-corrected chi connectivity index (χ1v) is 9.24. The summed E-state index contributed by atoms with van der Waals surface area (Å²) in [4.78, 5) is 11.7. The standard InChI is InChI=1S/C16H12ClN4O5S.Cr.Na/c1-9-14(16(23)21(20-9)11-5-3-2-4-6-11)19-18-12-7-10(17)8-13(15(12)22)27(24,25)26;;/h2-8,22H,1H3,(H,24,25,26);;/q-1;;+1. The minimum absolute atomic E-state index is 0. The van der Waals surface area contributed by atoms with Crippen molar-refractivity contribution in [2.24, 2.45) is 10.2 Å². The molecular weight excluding hydrogens is 471 g/mol. The van der Waals surface area contributed by atoms with Gasteiger partial charge < -0.3 is 15.0 Å². The van der Waals surface area contributed by atoms with Crippen molar-refractivity contribution in [1.29, 1.82) is 0 Å². The van der Waals surface area contributed by atoms with Crippen LogP contribution in [0.1, 0.15) is 5.69 Å². The Labute approximate surface area is 203 Å². The number of azo groups is 1. The molecule has 0 saturated carbocycles. The molecule has 1 heterocycles. The van der Waals surface area contributed by atoms with E-state index in [1.807, 2.05) is 0 Å². The van der Waals surface area contributed by atoms with Gasteiger partial charge in [-0.15, -0.1) is 5.69 Å². The second kappa shape index (κ2) is 10.1. The normalized spacial score (nSPS) is 11.1. The predicted octanol–water partition coefficient (Wildman–Crippen LogP) is 0.282. The monoisotopic (exact) mass is 482 g/mol. The van der Waals surface area contributed by atoms with Crippen LogP contribution in [-0.2, 0) is 27.5 Å². The molecule has 1 aromatic heterocycles. The SMILES string of the molecule is Cc1nn(-c2ccccc2)c(=O)[c-]1N=Nc1cc(Cl)cc(S(=O)(=O)O)c1O.[Cr].[Na+]. The topological polar surface area (TPSA) is 134 Å². The quantitative estimate of drug-likeness (QED) is 0.237. The fourth-order valence-electron chi connectivity index (χ4n) is 2.29. The molecule has 0 saturated heterocycles.